The van der Waals surface area contributed by atoms with Crippen LogP contribution in [0.3, 0.4) is 0 Å². The van der Waals surface area contributed by atoms with E-state index in [0.717, 1.165) is 21.2 Å². The number of benzene rings is 4. The molecule has 6 heteroatoms. The van der Waals surface area contributed by atoms with Crippen LogP contribution in [0.25, 0.3) is 0 Å². The van der Waals surface area contributed by atoms with Gasteiger partial charge in [0.25, 0.3) is 0 Å². The molecule has 0 aliphatic rings. The quantitative estimate of drug-likeness (QED) is 0.390. The molecule has 0 atom stereocenters. The molecule has 0 heterocycles. The van der Waals surface area contributed by atoms with Crippen molar-refractivity contribution in [1.82, 2.24) is 0 Å². The average molecular weight is 466 g/mol. The molecule has 32 heavy (non-hydrogen) atoms. The topological polar surface area (TPSA) is 97.1 Å². The molecule has 0 fully saturated rings. The molecule has 0 aliphatic heterocycles. The summed E-state index contributed by atoms with van der Waals surface area (Å²) < 4.78 is 28.8. The molecule has 0 amide bonds. The Morgan fingerprint density at radius 2 is 0.562 bits per heavy atom. The molecular formula is C26H28O4P2. The first kappa shape index (κ1) is 25.5. The molecule has 0 radical (unpaired) electrons. The molecule has 0 aromatic heterocycles. The summed E-state index contributed by atoms with van der Waals surface area (Å²) in [7, 11) is -5.87. The van der Waals surface area contributed by atoms with Gasteiger partial charge >= 0.3 is 0 Å². The summed E-state index contributed by atoms with van der Waals surface area (Å²) in [6.45, 7) is 0. The molecule has 0 saturated carbocycles. The minimum absolute atomic E-state index is 0. The maximum atomic E-state index is 14.4. The molecule has 4 aromatic carbocycles. The summed E-state index contributed by atoms with van der Waals surface area (Å²) in [5, 5.41) is 3.24. The number of rotatable bonds is 7. The van der Waals surface area contributed by atoms with Gasteiger partial charge in [0.1, 0.15) is 14.3 Å². The van der Waals surface area contributed by atoms with Crippen LogP contribution in [0, 0.1) is 0 Å². The van der Waals surface area contributed by atoms with Crippen molar-refractivity contribution in [2.24, 2.45) is 0 Å². The van der Waals surface area contributed by atoms with Crippen molar-refractivity contribution in [3.63, 3.8) is 0 Å². The molecule has 0 bridgehead atoms. The third-order valence-corrected chi connectivity index (χ3v) is 12.0. The zero-order chi connectivity index (χ0) is 20.9. The summed E-state index contributed by atoms with van der Waals surface area (Å²) in [5.74, 6) is 0. The molecule has 0 spiro atoms. The monoisotopic (exact) mass is 466 g/mol. The van der Waals surface area contributed by atoms with Crippen LogP contribution in [-0.2, 0) is 9.13 Å². The van der Waals surface area contributed by atoms with Gasteiger partial charge in [0, 0.05) is 33.5 Å². The first-order chi connectivity index (χ1) is 14.6. The highest BCUT2D eigenvalue weighted by Gasteiger charge is 2.33. The van der Waals surface area contributed by atoms with Crippen molar-refractivity contribution in [2.45, 2.75) is 0 Å². The van der Waals surface area contributed by atoms with Gasteiger partial charge in [0.2, 0.25) is 0 Å². The van der Waals surface area contributed by atoms with Gasteiger partial charge in [0.15, 0.2) is 0 Å². The highest BCUT2D eigenvalue weighted by atomic mass is 31.2. The van der Waals surface area contributed by atoms with Crippen molar-refractivity contribution in [1.29, 1.82) is 0 Å². The molecule has 4 aromatic rings. The number of hydrogen-bond acceptors (Lipinski definition) is 2. The fraction of sp³-hybridized carbons (Fsp3) is 0.0769. The van der Waals surface area contributed by atoms with E-state index in [9.17, 15) is 9.13 Å². The second-order valence-corrected chi connectivity index (χ2v) is 13.2. The van der Waals surface area contributed by atoms with Crippen molar-refractivity contribution in [3.05, 3.63) is 121 Å². The Labute approximate surface area is 189 Å². The van der Waals surface area contributed by atoms with E-state index in [-0.39, 0.29) is 11.0 Å². The minimum atomic E-state index is -2.93. The lowest BCUT2D eigenvalue weighted by Gasteiger charge is -2.24. The fourth-order valence-electron chi connectivity index (χ4n) is 3.77. The second kappa shape index (κ2) is 11.2. The predicted octanol–water partition coefficient (Wildman–Crippen LogP) is 3.37. The Bertz CT molecular complexity index is 998. The van der Waals surface area contributed by atoms with Crippen LogP contribution in [0.15, 0.2) is 121 Å². The standard InChI is InChI=1S/C26H24O2P2.2H2O/c27-29(23-13-5-1-6-14-23,24-15-7-2-8-16-24)21-22-30(28,25-17-9-3-10-18-25)26-19-11-4-12-20-26;;/h1-20H,21-22H2;2*1H2. The third kappa shape index (κ3) is 5.18. The summed E-state index contributed by atoms with van der Waals surface area (Å²) in [6.07, 6.45) is 0.699. The van der Waals surface area contributed by atoms with Crippen LogP contribution in [0.1, 0.15) is 0 Å². The smallest absolute Gasteiger partial charge is 0.143 e. The number of hydrogen-bond donors (Lipinski definition) is 0. The van der Waals surface area contributed by atoms with Gasteiger partial charge in [-0.3, -0.25) is 0 Å². The Kier molecular flexibility index (Phi) is 8.95. The van der Waals surface area contributed by atoms with Crippen LogP contribution in [0.2, 0.25) is 0 Å². The molecular weight excluding hydrogens is 438 g/mol. The second-order valence-electron chi connectivity index (χ2n) is 7.27. The van der Waals surface area contributed by atoms with Crippen LogP contribution in [-0.4, -0.2) is 23.3 Å². The SMILES string of the molecule is O.O.O=P(CCP(=O)(c1ccccc1)c1ccccc1)(c1ccccc1)c1ccccc1. The van der Waals surface area contributed by atoms with Crippen molar-refractivity contribution in [3.8, 4) is 0 Å². The van der Waals surface area contributed by atoms with E-state index in [1.807, 2.05) is 121 Å². The molecule has 166 valence electrons. The average Bonchev–Trinajstić information content (AvgIpc) is 2.84. The first-order valence-electron chi connectivity index (χ1n) is 10.0. The summed E-state index contributed by atoms with van der Waals surface area (Å²) in [6, 6.07) is 38.4. The van der Waals surface area contributed by atoms with Crippen LogP contribution < -0.4 is 21.2 Å². The highest BCUT2D eigenvalue weighted by Crippen LogP contribution is 2.50. The van der Waals surface area contributed by atoms with E-state index in [4.69, 9.17) is 0 Å². The largest absolute Gasteiger partial charge is 0.412 e. The van der Waals surface area contributed by atoms with Crippen LogP contribution >= 0.6 is 14.3 Å². The third-order valence-electron chi connectivity index (χ3n) is 5.42. The molecule has 0 saturated heterocycles. The van der Waals surface area contributed by atoms with Crippen molar-refractivity contribution in [2.75, 3.05) is 12.3 Å². The molecule has 4 rings (SSSR count). The molecule has 4 nitrogen and oxygen atoms in total. The van der Waals surface area contributed by atoms with Gasteiger partial charge in [-0.15, -0.1) is 0 Å². The normalized spacial score (nSPS) is 11.1. The van der Waals surface area contributed by atoms with E-state index in [2.05, 4.69) is 0 Å². The summed E-state index contributed by atoms with van der Waals surface area (Å²) in [4.78, 5) is 0. The van der Waals surface area contributed by atoms with E-state index < -0.39 is 14.3 Å². The lowest BCUT2D eigenvalue weighted by Crippen LogP contribution is -2.24. The summed E-state index contributed by atoms with van der Waals surface area (Å²) in [5.41, 5.74) is 0. The van der Waals surface area contributed by atoms with E-state index in [1.54, 1.807) is 0 Å². The van der Waals surface area contributed by atoms with Gasteiger partial charge in [-0.05, 0) is 0 Å². The highest BCUT2D eigenvalue weighted by molar-refractivity contribution is 7.82. The van der Waals surface area contributed by atoms with Gasteiger partial charge in [-0.1, -0.05) is 121 Å². The van der Waals surface area contributed by atoms with Crippen LogP contribution in [0.4, 0.5) is 0 Å². The van der Waals surface area contributed by atoms with E-state index in [0.29, 0.717) is 12.3 Å². The van der Waals surface area contributed by atoms with Gasteiger partial charge in [0.05, 0.1) is 0 Å². The maximum absolute atomic E-state index is 14.4. The fourth-order valence-corrected chi connectivity index (χ4v) is 10.3. The summed E-state index contributed by atoms with van der Waals surface area (Å²) >= 11 is 0. The van der Waals surface area contributed by atoms with Crippen molar-refractivity contribution >= 4 is 35.5 Å². The Morgan fingerprint density at radius 1 is 0.375 bits per heavy atom. The molecule has 0 unspecified atom stereocenters. The zero-order valence-electron chi connectivity index (χ0n) is 17.7. The van der Waals surface area contributed by atoms with Crippen LogP contribution in [0.5, 0.6) is 0 Å². The lowest BCUT2D eigenvalue weighted by molar-refractivity contribution is 0.582. The van der Waals surface area contributed by atoms with Gasteiger partial charge in [-0.2, -0.15) is 0 Å². The van der Waals surface area contributed by atoms with Gasteiger partial charge in [-0.25, -0.2) is 0 Å². The maximum Gasteiger partial charge on any atom is 0.143 e. The Hall–Kier alpha value is -2.74. The zero-order valence-corrected chi connectivity index (χ0v) is 19.5. The lowest BCUT2D eigenvalue weighted by atomic mass is 10.4. The minimum Gasteiger partial charge on any atom is -0.412 e. The Morgan fingerprint density at radius 3 is 0.750 bits per heavy atom. The first-order valence-corrected chi connectivity index (χ1v) is 13.8. The Balaban J connectivity index is 0.00000181. The molecule has 4 N–H and O–H groups in total. The van der Waals surface area contributed by atoms with Crippen molar-refractivity contribution < 1.29 is 20.1 Å². The van der Waals surface area contributed by atoms with E-state index >= 15 is 0 Å². The van der Waals surface area contributed by atoms with Gasteiger partial charge < -0.3 is 20.1 Å². The molecule has 0 aliphatic carbocycles. The van der Waals surface area contributed by atoms with E-state index in [1.165, 1.54) is 0 Å². The predicted molar refractivity (Wildman–Crippen MR) is 136 cm³/mol.